The van der Waals surface area contributed by atoms with Crippen molar-refractivity contribution in [1.82, 2.24) is 10.0 Å². The molecule has 2 aromatic rings. The molecule has 0 fully saturated rings. The van der Waals surface area contributed by atoms with Gasteiger partial charge in [0.15, 0.2) is 11.3 Å². The fourth-order valence-electron chi connectivity index (χ4n) is 3.18. The highest BCUT2D eigenvalue weighted by Crippen LogP contribution is 2.33. The van der Waals surface area contributed by atoms with Crippen LogP contribution in [0.4, 0.5) is 0 Å². The van der Waals surface area contributed by atoms with Crippen molar-refractivity contribution in [3.8, 4) is 5.75 Å². The van der Waals surface area contributed by atoms with Crippen LogP contribution < -0.4 is 25.6 Å². The summed E-state index contributed by atoms with van der Waals surface area (Å²) in [4.78, 5) is 12.8. The molecule has 0 spiro atoms. The maximum Gasteiger partial charge on any atom is 0.257 e. The van der Waals surface area contributed by atoms with Gasteiger partial charge in [0.05, 0.1) is 6.61 Å². The highest BCUT2D eigenvalue weighted by Gasteiger charge is 2.23. The summed E-state index contributed by atoms with van der Waals surface area (Å²) >= 11 is 0.724. The van der Waals surface area contributed by atoms with Crippen LogP contribution in [0.1, 0.15) is 44.6 Å². The average molecular weight is 458 g/mol. The van der Waals surface area contributed by atoms with Gasteiger partial charge in [-0.2, -0.15) is 0 Å². The number of carbonyl (C=O) groups excluding carboxylic acids is 1. The van der Waals surface area contributed by atoms with Gasteiger partial charge in [0.25, 0.3) is 5.91 Å². The van der Waals surface area contributed by atoms with Crippen LogP contribution in [0.2, 0.25) is 0 Å². The number of fused-ring (bicyclic) bond motifs is 1. The zero-order valence-corrected chi connectivity index (χ0v) is 19.5. The third kappa shape index (κ3) is 6.41. The fraction of sp³-hybridized carbons (Fsp3) is 0.304. The second-order valence-electron chi connectivity index (χ2n) is 7.01. The average Bonchev–Trinajstić information content (AvgIpc) is 3.15. The number of allylic oxidation sites excluding steroid dienone is 2. The molecule has 0 saturated carbocycles. The number of benzene rings is 1. The van der Waals surface area contributed by atoms with Gasteiger partial charge in [-0.3, -0.25) is 20.1 Å². The van der Waals surface area contributed by atoms with Gasteiger partial charge in [-0.1, -0.05) is 19.6 Å². The Morgan fingerprint density at radius 2 is 2.09 bits per heavy atom. The number of furan rings is 1. The van der Waals surface area contributed by atoms with E-state index in [-0.39, 0.29) is 11.7 Å². The summed E-state index contributed by atoms with van der Waals surface area (Å²) in [6.07, 6.45) is 6.80. The molecule has 1 atom stereocenters. The third-order valence-electron chi connectivity index (χ3n) is 4.62. The Kier molecular flexibility index (Phi) is 9.42. The van der Waals surface area contributed by atoms with Crippen molar-refractivity contribution in [1.29, 1.82) is 5.41 Å². The van der Waals surface area contributed by atoms with Gasteiger partial charge in [0, 0.05) is 35.2 Å². The molecule has 1 aromatic carbocycles. The molecule has 32 heavy (non-hydrogen) atoms. The molecule has 1 amide bonds. The number of nitrogens with one attached hydrogen (secondary N) is 3. The van der Waals surface area contributed by atoms with Gasteiger partial charge in [-0.25, -0.2) is 0 Å². The normalized spacial score (nSPS) is 12.7. The SMILES string of the molecule is C=C(/C=C\C(=C/C)C(=N)N)NC(C(=O)NSN)c1cc(OCC)c2oc(CCC)cc2c1. The Morgan fingerprint density at radius 1 is 1.34 bits per heavy atom. The van der Waals surface area contributed by atoms with E-state index in [1.807, 2.05) is 19.1 Å². The van der Waals surface area contributed by atoms with E-state index in [0.29, 0.717) is 34.8 Å². The van der Waals surface area contributed by atoms with Crippen molar-refractivity contribution in [3.05, 3.63) is 65.6 Å². The van der Waals surface area contributed by atoms with E-state index in [1.54, 1.807) is 31.2 Å². The van der Waals surface area contributed by atoms with Crippen molar-refractivity contribution in [2.24, 2.45) is 10.9 Å². The second kappa shape index (κ2) is 12.0. The summed E-state index contributed by atoms with van der Waals surface area (Å²) in [7, 11) is 0. The molecule has 2 rings (SSSR count). The zero-order chi connectivity index (χ0) is 23.7. The van der Waals surface area contributed by atoms with Crippen LogP contribution in [0.15, 0.2) is 58.7 Å². The van der Waals surface area contributed by atoms with Crippen LogP contribution in [0.25, 0.3) is 11.0 Å². The Morgan fingerprint density at radius 3 is 2.69 bits per heavy atom. The molecule has 0 aliphatic carbocycles. The molecular formula is C23H31N5O3S. The molecule has 1 aromatic heterocycles. The first-order valence-electron chi connectivity index (χ1n) is 10.3. The van der Waals surface area contributed by atoms with Gasteiger partial charge in [0.2, 0.25) is 0 Å². The van der Waals surface area contributed by atoms with Crippen molar-refractivity contribution in [3.63, 3.8) is 0 Å². The molecule has 0 aliphatic heterocycles. The summed E-state index contributed by atoms with van der Waals surface area (Å²) in [6, 6.07) is 4.86. The van der Waals surface area contributed by atoms with Crippen LogP contribution >= 0.6 is 12.1 Å². The molecule has 1 unspecified atom stereocenters. The van der Waals surface area contributed by atoms with E-state index >= 15 is 0 Å². The van der Waals surface area contributed by atoms with E-state index in [1.165, 1.54) is 0 Å². The standard InChI is InChI=1S/C23H31N5O3S/c1-5-8-18-12-17-11-16(13-19(30-7-3)21(17)31-18)20(23(29)28-32-26)27-14(4)9-10-15(6-2)22(24)25/h6,9-13,20,27H,4-5,7-8,26H2,1-3H3,(H3,24,25)(H,28,29)/b10-9-,15-6+. The first-order chi connectivity index (χ1) is 15.3. The van der Waals surface area contributed by atoms with Crippen LogP contribution in [-0.2, 0) is 11.2 Å². The van der Waals surface area contributed by atoms with Crippen molar-refractivity contribution in [2.75, 3.05) is 6.61 Å². The second-order valence-corrected chi connectivity index (χ2v) is 7.45. The van der Waals surface area contributed by atoms with E-state index < -0.39 is 6.04 Å². The van der Waals surface area contributed by atoms with Crippen molar-refractivity contribution < 1.29 is 13.9 Å². The summed E-state index contributed by atoms with van der Waals surface area (Å²) in [5.41, 5.74) is 7.88. The van der Waals surface area contributed by atoms with Crippen LogP contribution in [0.3, 0.4) is 0 Å². The summed E-state index contributed by atoms with van der Waals surface area (Å²) in [5.74, 6) is 1.03. The lowest BCUT2D eigenvalue weighted by molar-refractivity contribution is -0.121. The lowest BCUT2D eigenvalue weighted by atomic mass is 10.0. The van der Waals surface area contributed by atoms with Crippen LogP contribution in [0, 0.1) is 5.41 Å². The summed E-state index contributed by atoms with van der Waals surface area (Å²) in [6.45, 7) is 10.2. The maximum atomic E-state index is 12.8. The molecule has 7 N–H and O–H groups in total. The third-order valence-corrected chi connectivity index (χ3v) is 4.94. The van der Waals surface area contributed by atoms with Crippen molar-refractivity contribution in [2.45, 2.75) is 39.7 Å². The first-order valence-corrected chi connectivity index (χ1v) is 11.2. The number of carbonyl (C=O) groups is 1. The number of rotatable bonds is 12. The Hall–Kier alpha value is -3.17. The van der Waals surface area contributed by atoms with Gasteiger partial charge < -0.3 is 20.2 Å². The predicted octanol–water partition coefficient (Wildman–Crippen LogP) is 4.00. The maximum absolute atomic E-state index is 12.8. The largest absolute Gasteiger partial charge is 0.490 e. The van der Waals surface area contributed by atoms with E-state index in [9.17, 15) is 4.79 Å². The molecular weight excluding hydrogens is 426 g/mol. The summed E-state index contributed by atoms with van der Waals surface area (Å²) < 4.78 is 14.3. The van der Waals surface area contributed by atoms with E-state index in [4.69, 9.17) is 25.4 Å². The minimum absolute atomic E-state index is 0.0555. The molecule has 172 valence electrons. The quantitative estimate of drug-likeness (QED) is 0.140. The monoisotopic (exact) mass is 457 g/mol. The minimum atomic E-state index is -0.789. The van der Waals surface area contributed by atoms with Crippen LogP contribution in [0.5, 0.6) is 5.75 Å². The number of amides is 1. The number of hydrogen-bond donors (Lipinski definition) is 5. The van der Waals surface area contributed by atoms with Gasteiger partial charge >= 0.3 is 0 Å². The number of amidine groups is 1. The van der Waals surface area contributed by atoms with Crippen molar-refractivity contribution >= 4 is 34.8 Å². The van der Waals surface area contributed by atoms with E-state index in [2.05, 4.69) is 23.5 Å². The zero-order valence-electron chi connectivity index (χ0n) is 18.7. The predicted molar refractivity (Wildman–Crippen MR) is 131 cm³/mol. The molecule has 9 heteroatoms. The Bertz CT molecular complexity index is 1040. The molecule has 0 saturated heterocycles. The molecule has 1 heterocycles. The lowest BCUT2D eigenvalue weighted by Gasteiger charge is -2.20. The minimum Gasteiger partial charge on any atom is -0.490 e. The molecule has 0 bridgehead atoms. The molecule has 0 radical (unpaired) electrons. The molecule has 8 nitrogen and oxygen atoms in total. The Labute approximate surface area is 192 Å². The highest BCUT2D eigenvalue weighted by atomic mass is 32.2. The first kappa shape index (κ1) is 25.1. The fourth-order valence-corrected chi connectivity index (χ4v) is 3.41. The van der Waals surface area contributed by atoms with Gasteiger partial charge in [-0.05, 0) is 56.2 Å². The summed E-state index contributed by atoms with van der Waals surface area (Å²) in [5, 5.41) is 17.0. The number of nitrogens with two attached hydrogens (primary N) is 2. The number of ether oxygens (including phenoxy) is 1. The smallest absolute Gasteiger partial charge is 0.257 e. The van der Waals surface area contributed by atoms with Crippen LogP contribution in [-0.4, -0.2) is 18.3 Å². The van der Waals surface area contributed by atoms with Gasteiger partial charge in [-0.15, -0.1) is 0 Å². The van der Waals surface area contributed by atoms with Gasteiger partial charge in [0.1, 0.15) is 17.6 Å². The lowest BCUT2D eigenvalue weighted by Crippen LogP contribution is -2.34. The number of aryl methyl sites for hydroxylation is 1. The molecule has 0 aliphatic rings. The topological polar surface area (TPSA) is 139 Å². The van der Waals surface area contributed by atoms with E-state index in [0.717, 1.165) is 36.1 Å². The highest BCUT2D eigenvalue weighted by molar-refractivity contribution is 7.95. The number of hydrogen-bond acceptors (Lipinski definition) is 7. The Balaban J connectivity index is 2.45.